The number of amides is 3. The fourth-order valence-corrected chi connectivity index (χ4v) is 4.53. The van der Waals surface area contributed by atoms with E-state index in [4.69, 9.17) is 4.74 Å². The second kappa shape index (κ2) is 8.58. The maximum atomic E-state index is 12.0. The van der Waals surface area contributed by atoms with Gasteiger partial charge in [-0.15, -0.1) is 11.3 Å². The van der Waals surface area contributed by atoms with E-state index in [0.29, 0.717) is 5.88 Å². The van der Waals surface area contributed by atoms with Crippen molar-refractivity contribution >= 4 is 50.4 Å². The zero-order valence-corrected chi connectivity index (χ0v) is 16.8. The number of fused-ring (bicyclic) bond motifs is 1. The number of rotatable bonds is 7. The van der Waals surface area contributed by atoms with Crippen LogP contribution in [0.15, 0.2) is 42.7 Å². The molecular formula is C19H16N4O4S2. The second-order valence-corrected chi connectivity index (χ2v) is 8.07. The van der Waals surface area contributed by atoms with E-state index in [0.717, 1.165) is 37.3 Å². The van der Waals surface area contributed by atoms with Gasteiger partial charge in [0.15, 0.2) is 6.61 Å². The molecule has 1 fully saturated rings. The van der Waals surface area contributed by atoms with Crippen molar-refractivity contribution < 1.29 is 19.1 Å². The minimum absolute atomic E-state index is 0.152. The van der Waals surface area contributed by atoms with Crippen molar-refractivity contribution in [1.29, 1.82) is 0 Å². The van der Waals surface area contributed by atoms with E-state index in [9.17, 15) is 14.4 Å². The molecule has 1 aromatic carbocycles. The summed E-state index contributed by atoms with van der Waals surface area (Å²) in [6, 6.07) is 11.9. The maximum Gasteiger partial charge on any atom is 0.288 e. The fraction of sp³-hybridized carbons (Fsp3) is 0.211. The number of carbonyl (C=O) groups is 3. The van der Waals surface area contributed by atoms with E-state index in [-0.39, 0.29) is 42.5 Å². The molecule has 29 heavy (non-hydrogen) atoms. The van der Waals surface area contributed by atoms with Gasteiger partial charge >= 0.3 is 0 Å². The van der Waals surface area contributed by atoms with Crippen LogP contribution >= 0.6 is 23.1 Å². The third kappa shape index (κ3) is 4.38. The highest BCUT2D eigenvalue weighted by atomic mass is 32.2. The summed E-state index contributed by atoms with van der Waals surface area (Å²) in [6.07, 6.45) is 1.41. The molecule has 148 valence electrons. The molecule has 1 N–H and O–H groups in total. The van der Waals surface area contributed by atoms with Crippen LogP contribution in [0.4, 0.5) is 4.79 Å². The van der Waals surface area contributed by atoms with E-state index in [1.807, 2.05) is 36.4 Å². The summed E-state index contributed by atoms with van der Waals surface area (Å²) in [4.78, 5) is 46.5. The van der Waals surface area contributed by atoms with Gasteiger partial charge in [0.05, 0.1) is 11.1 Å². The lowest BCUT2D eigenvalue weighted by Gasteiger charge is -2.13. The molecule has 0 bridgehead atoms. The molecule has 4 rings (SSSR count). The number of benzene rings is 1. The lowest BCUT2D eigenvalue weighted by molar-refractivity contribution is -0.126. The van der Waals surface area contributed by atoms with Crippen LogP contribution in [0.2, 0.25) is 0 Å². The summed E-state index contributed by atoms with van der Waals surface area (Å²) in [5.74, 6) is -0.0990. The maximum absolute atomic E-state index is 12.0. The molecule has 0 atom stereocenters. The number of hydrogen-bond donors (Lipinski definition) is 1. The van der Waals surface area contributed by atoms with Crippen LogP contribution in [0.5, 0.6) is 5.88 Å². The molecular weight excluding hydrogens is 412 g/mol. The van der Waals surface area contributed by atoms with Crippen LogP contribution in [0.25, 0.3) is 20.7 Å². The Labute approximate surface area is 174 Å². The largest absolute Gasteiger partial charge is 0.467 e. The Kier molecular flexibility index (Phi) is 5.72. The molecule has 3 amide bonds. The fourth-order valence-electron chi connectivity index (χ4n) is 2.78. The summed E-state index contributed by atoms with van der Waals surface area (Å²) >= 11 is 2.49. The molecule has 0 radical (unpaired) electrons. The van der Waals surface area contributed by atoms with Crippen LogP contribution in [-0.2, 0) is 9.59 Å². The Morgan fingerprint density at radius 1 is 1.21 bits per heavy atom. The first-order valence-electron chi connectivity index (χ1n) is 8.78. The summed E-state index contributed by atoms with van der Waals surface area (Å²) in [7, 11) is 0. The van der Waals surface area contributed by atoms with Crippen molar-refractivity contribution in [3.63, 3.8) is 0 Å². The number of imide groups is 1. The highest BCUT2D eigenvalue weighted by Gasteiger charge is 2.29. The Morgan fingerprint density at radius 2 is 2.03 bits per heavy atom. The molecule has 1 aliphatic heterocycles. The van der Waals surface area contributed by atoms with Gasteiger partial charge in [-0.25, -0.2) is 9.97 Å². The SMILES string of the molecule is O=C(COc1ncnc2sc(-c3ccccc3)cc12)NCCN1C(=O)CSC1=O. The average molecular weight is 428 g/mol. The number of thiophene rings is 1. The van der Waals surface area contributed by atoms with Gasteiger partial charge in [-0.3, -0.25) is 19.3 Å². The first-order chi connectivity index (χ1) is 14.1. The topological polar surface area (TPSA) is 101 Å². The average Bonchev–Trinajstić information content (AvgIpc) is 3.31. The lowest BCUT2D eigenvalue weighted by Crippen LogP contribution is -2.39. The van der Waals surface area contributed by atoms with Crippen LogP contribution < -0.4 is 10.1 Å². The molecule has 10 heteroatoms. The highest BCUT2D eigenvalue weighted by Crippen LogP contribution is 2.35. The van der Waals surface area contributed by atoms with Crippen molar-refractivity contribution in [3.05, 3.63) is 42.7 Å². The molecule has 3 heterocycles. The molecule has 1 aliphatic rings. The lowest BCUT2D eigenvalue weighted by atomic mass is 10.2. The van der Waals surface area contributed by atoms with E-state index < -0.39 is 0 Å². The Bertz CT molecular complexity index is 1050. The Hall–Kier alpha value is -2.98. The molecule has 1 saturated heterocycles. The highest BCUT2D eigenvalue weighted by molar-refractivity contribution is 8.14. The van der Waals surface area contributed by atoms with Crippen LogP contribution in [-0.4, -0.2) is 57.4 Å². The Morgan fingerprint density at radius 3 is 2.79 bits per heavy atom. The number of aromatic nitrogens is 2. The number of ether oxygens (including phenoxy) is 1. The van der Waals surface area contributed by atoms with Gasteiger partial charge in [0.1, 0.15) is 11.2 Å². The molecule has 0 spiro atoms. The summed E-state index contributed by atoms with van der Waals surface area (Å²) in [5.41, 5.74) is 1.07. The van der Waals surface area contributed by atoms with Crippen LogP contribution in [0, 0.1) is 0 Å². The van der Waals surface area contributed by atoms with Gasteiger partial charge in [0.25, 0.3) is 11.1 Å². The molecule has 3 aromatic rings. The minimum atomic E-state index is -0.359. The monoisotopic (exact) mass is 428 g/mol. The molecule has 0 aliphatic carbocycles. The van der Waals surface area contributed by atoms with Crippen molar-refractivity contribution in [2.24, 2.45) is 0 Å². The van der Waals surface area contributed by atoms with Crippen molar-refractivity contribution in [1.82, 2.24) is 20.2 Å². The van der Waals surface area contributed by atoms with Gasteiger partial charge in [-0.1, -0.05) is 42.1 Å². The third-order valence-corrected chi connectivity index (χ3v) is 6.14. The van der Waals surface area contributed by atoms with E-state index in [1.165, 1.54) is 17.7 Å². The van der Waals surface area contributed by atoms with Crippen molar-refractivity contribution in [2.75, 3.05) is 25.4 Å². The zero-order valence-electron chi connectivity index (χ0n) is 15.2. The van der Waals surface area contributed by atoms with Gasteiger partial charge < -0.3 is 10.1 Å². The van der Waals surface area contributed by atoms with Gasteiger partial charge in [0.2, 0.25) is 11.8 Å². The molecule has 0 unspecified atom stereocenters. The summed E-state index contributed by atoms with van der Waals surface area (Å²) in [6.45, 7) is 0.106. The summed E-state index contributed by atoms with van der Waals surface area (Å²) in [5, 5.41) is 3.10. The number of carbonyl (C=O) groups excluding carboxylic acids is 3. The predicted octanol–water partition coefficient (Wildman–Crippen LogP) is 2.55. The van der Waals surface area contributed by atoms with E-state index in [1.54, 1.807) is 0 Å². The van der Waals surface area contributed by atoms with Gasteiger partial charge in [-0.2, -0.15) is 0 Å². The second-order valence-electron chi connectivity index (χ2n) is 6.11. The van der Waals surface area contributed by atoms with Crippen LogP contribution in [0.3, 0.4) is 0 Å². The molecule has 0 saturated carbocycles. The smallest absolute Gasteiger partial charge is 0.288 e. The Balaban J connectivity index is 1.35. The predicted molar refractivity (Wildman–Crippen MR) is 111 cm³/mol. The first kappa shape index (κ1) is 19.3. The molecule has 8 nitrogen and oxygen atoms in total. The summed E-state index contributed by atoms with van der Waals surface area (Å²) < 4.78 is 5.59. The van der Waals surface area contributed by atoms with E-state index >= 15 is 0 Å². The molecule has 2 aromatic heterocycles. The van der Waals surface area contributed by atoms with E-state index in [2.05, 4.69) is 15.3 Å². The van der Waals surface area contributed by atoms with Crippen molar-refractivity contribution in [3.8, 4) is 16.3 Å². The normalized spacial score (nSPS) is 13.9. The first-order valence-corrected chi connectivity index (χ1v) is 10.6. The van der Waals surface area contributed by atoms with Gasteiger partial charge in [-0.05, 0) is 11.6 Å². The number of nitrogens with one attached hydrogen (secondary N) is 1. The number of nitrogens with zero attached hydrogens (tertiary/aromatic N) is 3. The number of hydrogen-bond acceptors (Lipinski definition) is 8. The quantitative estimate of drug-likeness (QED) is 0.617. The zero-order chi connectivity index (χ0) is 20.2. The third-order valence-electron chi connectivity index (χ3n) is 4.19. The minimum Gasteiger partial charge on any atom is -0.467 e. The number of thioether (sulfide) groups is 1. The van der Waals surface area contributed by atoms with Crippen molar-refractivity contribution in [2.45, 2.75) is 0 Å². The van der Waals surface area contributed by atoms with Gasteiger partial charge in [0, 0.05) is 18.0 Å². The van der Waals surface area contributed by atoms with Crippen LogP contribution in [0.1, 0.15) is 0 Å². The standard InChI is InChI=1S/C19H16N4O4S2/c24-15(20-6-7-23-16(25)10-28-19(23)26)9-27-17-13-8-14(12-4-2-1-3-5-12)29-18(13)22-11-21-17/h1-5,8,11H,6-7,9-10H2,(H,20,24).